The Kier molecular flexibility index (Phi) is 5.97. The van der Waals surface area contributed by atoms with Crippen molar-refractivity contribution in [1.82, 2.24) is 20.3 Å². The summed E-state index contributed by atoms with van der Waals surface area (Å²) in [5.74, 6) is 1.95. The Balaban J connectivity index is 1.32. The predicted molar refractivity (Wildman–Crippen MR) is 141 cm³/mol. The summed E-state index contributed by atoms with van der Waals surface area (Å²) in [5.41, 5.74) is 4.69. The summed E-state index contributed by atoms with van der Waals surface area (Å²) in [6, 6.07) is 13.7. The van der Waals surface area contributed by atoms with Crippen LogP contribution in [0.2, 0.25) is 0 Å². The van der Waals surface area contributed by atoms with Gasteiger partial charge in [0.05, 0.1) is 23.0 Å². The number of carbonyl (C=O) groups excluding carboxylic acids is 1. The Labute approximate surface area is 210 Å². The van der Waals surface area contributed by atoms with Crippen molar-refractivity contribution in [2.45, 2.75) is 38.6 Å². The zero-order chi connectivity index (χ0) is 24.5. The Hall–Kier alpha value is -4.00. The number of carbonyl (C=O) groups is 1. The quantitative estimate of drug-likeness (QED) is 0.436. The number of piperidine rings is 1. The van der Waals surface area contributed by atoms with Crippen LogP contribution in [0.5, 0.6) is 0 Å². The first-order chi connectivity index (χ1) is 17.7. The first-order valence-corrected chi connectivity index (χ1v) is 12.6. The van der Waals surface area contributed by atoms with E-state index in [9.17, 15) is 4.79 Å². The summed E-state index contributed by atoms with van der Waals surface area (Å²) in [6.07, 6.45) is 10.7. The standard InChI is InChI=1S/C29H29N5O2/c1-19-16-20(18-22-6-4-15-36-22)27-24(17-19)26(23-7-2-3-8-25(23)33-27)28(35)32-21-9-13-34(14-10-21)29-30-11-5-12-31-29/h2-8,11-12,15,18-19,21H,9-10,13-14,16-17H2,1H3,(H,32,35). The topological polar surface area (TPSA) is 84.2 Å². The molecule has 1 saturated heterocycles. The molecule has 6 rings (SSSR count). The number of benzene rings is 1. The van der Waals surface area contributed by atoms with Crippen LogP contribution < -0.4 is 10.2 Å². The fraction of sp³-hybridized carbons (Fsp3) is 0.310. The summed E-state index contributed by atoms with van der Waals surface area (Å²) in [6.45, 7) is 3.87. The van der Waals surface area contributed by atoms with E-state index in [1.165, 1.54) is 0 Å². The Morgan fingerprint density at radius 2 is 1.86 bits per heavy atom. The maximum Gasteiger partial charge on any atom is 0.252 e. The molecule has 1 amide bonds. The molecule has 36 heavy (non-hydrogen) atoms. The van der Waals surface area contributed by atoms with Crippen molar-refractivity contribution in [2.24, 2.45) is 5.92 Å². The monoisotopic (exact) mass is 479 g/mol. The number of hydrogen-bond donors (Lipinski definition) is 1. The molecule has 1 unspecified atom stereocenters. The highest BCUT2D eigenvalue weighted by Crippen LogP contribution is 2.38. The van der Waals surface area contributed by atoms with Crippen molar-refractivity contribution in [3.63, 3.8) is 0 Å². The van der Waals surface area contributed by atoms with Gasteiger partial charge in [0, 0.05) is 36.9 Å². The summed E-state index contributed by atoms with van der Waals surface area (Å²) >= 11 is 0. The van der Waals surface area contributed by atoms with Gasteiger partial charge < -0.3 is 14.6 Å². The summed E-state index contributed by atoms with van der Waals surface area (Å²) in [4.78, 5) is 29.8. The lowest BCUT2D eigenvalue weighted by Crippen LogP contribution is -2.45. The average Bonchev–Trinajstić information content (AvgIpc) is 3.41. The number of rotatable bonds is 4. The molecule has 1 N–H and O–H groups in total. The van der Waals surface area contributed by atoms with Crippen LogP contribution in [0, 0.1) is 5.92 Å². The molecule has 0 saturated carbocycles. The SMILES string of the molecule is CC1CC(=Cc2ccco2)c2nc3ccccc3c(C(=O)NC3CCN(c4ncccn4)CC3)c2C1. The van der Waals surface area contributed by atoms with Crippen molar-refractivity contribution in [1.29, 1.82) is 0 Å². The average molecular weight is 480 g/mol. The van der Waals surface area contributed by atoms with Crippen LogP contribution >= 0.6 is 0 Å². The fourth-order valence-electron chi connectivity index (χ4n) is 5.48. The molecule has 1 atom stereocenters. The summed E-state index contributed by atoms with van der Waals surface area (Å²) in [7, 11) is 0. The third kappa shape index (κ3) is 4.37. The first-order valence-electron chi connectivity index (χ1n) is 12.6. The molecular formula is C29H29N5O2. The Morgan fingerprint density at radius 3 is 2.64 bits per heavy atom. The lowest BCUT2D eigenvalue weighted by Gasteiger charge is -2.33. The Morgan fingerprint density at radius 1 is 1.06 bits per heavy atom. The molecule has 1 aromatic carbocycles. The van der Waals surface area contributed by atoms with Gasteiger partial charge >= 0.3 is 0 Å². The third-order valence-corrected chi connectivity index (χ3v) is 7.17. The lowest BCUT2D eigenvalue weighted by molar-refractivity contribution is 0.0931. The number of nitrogens with zero attached hydrogens (tertiary/aromatic N) is 4. The molecule has 0 spiro atoms. The summed E-state index contributed by atoms with van der Waals surface area (Å²) < 4.78 is 5.60. The van der Waals surface area contributed by atoms with E-state index < -0.39 is 0 Å². The molecule has 1 aliphatic heterocycles. The maximum absolute atomic E-state index is 13.9. The molecule has 0 bridgehead atoms. The highest BCUT2D eigenvalue weighted by atomic mass is 16.3. The number of nitrogens with one attached hydrogen (secondary N) is 1. The largest absolute Gasteiger partial charge is 0.465 e. The number of fused-ring (bicyclic) bond motifs is 2. The number of aromatic nitrogens is 3. The maximum atomic E-state index is 13.9. The van der Waals surface area contributed by atoms with Gasteiger partial charge in [-0.2, -0.15) is 0 Å². The highest BCUT2D eigenvalue weighted by molar-refractivity contribution is 6.09. The number of pyridine rings is 1. The second-order valence-corrected chi connectivity index (χ2v) is 9.81. The number of para-hydroxylation sites is 1. The molecule has 3 aromatic heterocycles. The predicted octanol–water partition coefficient (Wildman–Crippen LogP) is 5.14. The zero-order valence-electron chi connectivity index (χ0n) is 20.4. The minimum atomic E-state index is -0.00860. The van der Waals surface area contributed by atoms with E-state index in [1.54, 1.807) is 18.7 Å². The lowest BCUT2D eigenvalue weighted by atomic mass is 9.80. The number of allylic oxidation sites excluding steroid dienone is 1. The van der Waals surface area contributed by atoms with Gasteiger partial charge in [-0.1, -0.05) is 25.1 Å². The summed E-state index contributed by atoms with van der Waals surface area (Å²) in [5, 5.41) is 4.26. The van der Waals surface area contributed by atoms with Gasteiger partial charge in [-0.25, -0.2) is 15.0 Å². The van der Waals surface area contributed by atoms with E-state index in [-0.39, 0.29) is 11.9 Å². The van der Waals surface area contributed by atoms with Crippen LogP contribution in [0.3, 0.4) is 0 Å². The van der Waals surface area contributed by atoms with Gasteiger partial charge in [0.2, 0.25) is 5.95 Å². The third-order valence-electron chi connectivity index (χ3n) is 7.17. The molecule has 7 heteroatoms. The van der Waals surface area contributed by atoms with Crippen molar-refractivity contribution in [2.75, 3.05) is 18.0 Å². The van der Waals surface area contributed by atoms with Crippen molar-refractivity contribution >= 4 is 34.4 Å². The molecule has 2 aliphatic rings. The highest BCUT2D eigenvalue weighted by Gasteiger charge is 2.30. The minimum absolute atomic E-state index is 0.00860. The van der Waals surface area contributed by atoms with Gasteiger partial charge in [0.1, 0.15) is 5.76 Å². The van der Waals surface area contributed by atoms with Crippen LogP contribution in [0.4, 0.5) is 5.95 Å². The van der Waals surface area contributed by atoms with Crippen LogP contribution in [-0.4, -0.2) is 40.0 Å². The van der Waals surface area contributed by atoms with Crippen LogP contribution in [0.1, 0.15) is 53.6 Å². The molecule has 182 valence electrons. The number of anilines is 1. The van der Waals surface area contributed by atoms with E-state index in [2.05, 4.69) is 33.2 Å². The molecule has 0 radical (unpaired) electrons. The van der Waals surface area contributed by atoms with E-state index >= 15 is 0 Å². The van der Waals surface area contributed by atoms with Gasteiger partial charge in [-0.3, -0.25) is 4.79 Å². The molecule has 1 fully saturated rings. The van der Waals surface area contributed by atoms with Crippen molar-refractivity contribution in [3.05, 3.63) is 83.7 Å². The Bertz CT molecular complexity index is 1410. The smallest absolute Gasteiger partial charge is 0.252 e. The van der Waals surface area contributed by atoms with Crippen LogP contribution in [-0.2, 0) is 6.42 Å². The van der Waals surface area contributed by atoms with Crippen molar-refractivity contribution in [3.8, 4) is 0 Å². The van der Waals surface area contributed by atoms with E-state index in [4.69, 9.17) is 9.40 Å². The van der Waals surface area contributed by atoms with Gasteiger partial charge in [0.25, 0.3) is 5.91 Å². The molecule has 1 aliphatic carbocycles. The molecule has 4 heterocycles. The number of hydrogen-bond acceptors (Lipinski definition) is 6. The van der Waals surface area contributed by atoms with Crippen molar-refractivity contribution < 1.29 is 9.21 Å². The van der Waals surface area contributed by atoms with E-state index in [1.807, 2.05) is 42.5 Å². The zero-order valence-corrected chi connectivity index (χ0v) is 20.4. The van der Waals surface area contributed by atoms with E-state index in [0.29, 0.717) is 5.92 Å². The molecule has 7 nitrogen and oxygen atoms in total. The fourth-order valence-corrected chi connectivity index (χ4v) is 5.48. The second-order valence-electron chi connectivity index (χ2n) is 9.81. The number of furan rings is 1. The second kappa shape index (κ2) is 9.57. The van der Waals surface area contributed by atoms with Gasteiger partial charge in [-0.05, 0) is 73.1 Å². The van der Waals surface area contributed by atoms with E-state index in [0.717, 1.165) is 83.8 Å². The van der Waals surface area contributed by atoms with Gasteiger partial charge in [0.15, 0.2) is 0 Å². The van der Waals surface area contributed by atoms with Crippen LogP contribution in [0.25, 0.3) is 22.6 Å². The van der Waals surface area contributed by atoms with Crippen LogP contribution in [0.15, 0.2) is 65.5 Å². The first kappa shape index (κ1) is 22.5. The molecule has 4 aromatic rings. The molecular weight excluding hydrogens is 450 g/mol. The van der Waals surface area contributed by atoms with Gasteiger partial charge in [-0.15, -0.1) is 0 Å². The minimum Gasteiger partial charge on any atom is -0.465 e. The normalized spacial score (nSPS) is 19.4. The number of amides is 1.